The molecule has 1 fully saturated rings. The molecule has 1 aliphatic rings. The van der Waals surface area contributed by atoms with Gasteiger partial charge in [-0.1, -0.05) is 42.5 Å². The largest absolute Gasteiger partial charge is 0.489 e. The lowest BCUT2D eigenvalue weighted by molar-refractivity contribution is 0.0842. The Labute approximate surface area is 139 Å². The number of hydrogen-bond acceptors (Lipinski definition) is 2. The van der Waals surface area contributed by atoms with E-state index in [4.69, 9.17) is 4.74 Å². The zero-order valence-electron chi connectivity index (χ0n) is 13.1. The van der Waals surface area contributed by atoms with E-state index in [1.165, 1.54) is 24.1 Å². The number of para-hydroxylation sites is 1. The summed E-state index contributed by atoms with van der Waals surface area (Å²) in [6.45, 7) is 5.41. The number of rotatable bonds is 4. The SMILES string of the molecule is Cc1ccccc1CN1CCCC(Oc2ccccc2)C1.Cl. The molecule has 22 heavy (non-hydrogen) atoms. The second kappa shape index (κ2) is 8.21. The van der Waals surface area contributed by atoms with Crippen LogP contribution in [-0.2, 0) is 6.54 Å². The van der Waals surface area contributed by atoms with Crippen LogP contribution in [0.1, 0.15) is 24.0 Å². The van der Waals surface area contributed by atoms with Crippen LogP contribution in [0, 0.1) is 6.92 Å². The number of benzene rings is 2. The number of halogens is 1. The van der Waals surface area contributed by atoms with Gasteiger partial charge in [0.05, 0.1) is 0 Å². The standard InChI is InChI=1S/C19H23NO.ClH/c1-16-8-5-6-9-17(16)14-20-13-7-12-19(15-20)21-18-10-3-2-4-11-18;/h2-6,8-11,19H,7,12-15H2,1H3;1H. The summed E-state index contributed by atoms with van der Waals surface area (Å²) >= 11 is 0. The Balaban J connectivity index is 0.00000176. The van der Waals surface area contributed by atoms with E-state index in [1.807, 2.05) is 30.3 Å². The number of nitrogens with zero attached hydrogens (tertiary/aromatic N) is 1. The van der Waals surface area contributed by atoms with Gasteiger partial charge in [0.1, 0.15) is 11.9 Å². The fourth-order valence-corrected chi connectivity index (χ4v) is 2.97. The predicted molar refractivity (Wildman–Crippen MR) is 93.8 cm³/mol. The highest BCUT2D eigenvalue weighted by Gasteiger charge is 2.21. The molecule has 0 radical (unpaired) electrons. The summed E-state index contributed by atoms with van der Waals surface area (Å²) in [7, 11) is 0. The number of ether oxygens (including phenoxy) is 1. The summed E-state index contributed by atoms with van der Waals surface area (Å²) in [5, 5.41) is 0. The topological polar surface area (TPSA) is 12.5 Å². The van der Waals surface area contributed by atoms with Gasteiger partial charge in [0.15, 0.2) is 0 Å². The van der Waals surface area contributed by atoms with Crippen LogP contribution in [0.3, 0.4) is 0 Å². The molecule has 3 heteroatoms. The molecule has 0 aromatic heterocycles. The maximum atomic E-state index is 6.11. The van der Waals surface area contributed by atoms with Crippen molar-refractivity contribution < 1.29 is 4.74 Å². The van der Waals surface area contributed by atoms with Crippen LogP contribution >= 0.6 is 12.4 Å². The van der Waals surface area contributed by atoms with Crippen molar-refractivity contribution in [1.82, 2.24) is 4.90 Å². The minimum absolute atomic E-state index is 0. The second-order valence-electron chi connectivity index (χ2n) is 5.86. The molecule has 1 aliphatic heterocycles. The van der Waals surface area contributed by atoms with Crippen molar-refractivity contribution in [3.05, 3.63) is 65.7 Å². The van der Waals surface area contributed by atoms with Gasteiger partial charge in [0.25, 0.3) is 0 Å². The first kappa shape index (κ1) is 16.9. The average Bonchev–Trinajstić information content (AvgIpc) is 2.51. The van der Waals surface area contributed by atoms with Crippen molar-refractivity contribution in [2.75, 3.05) is 13.1 Å². The van der Waals surface area contributed by atoms with Gasteiger partial charge in [-0.2, -0.15) is 0 Å². The molecule has 2 aromatic rings. The number of likely N-dealkylation sites (tertiary alicyclic amines) is 1. The maximum Gasteiger partial charge on any atom is 0.119 e. The Morgan fingerprint density at radius 1 is 1.05 bits per heavy atom. The first-order chi connectivity index (χ1) is 10.3. The lowest BCUT2D eigenvalue weighted by Gasteiger charge is -2.33. The third kappa shape index (κ3) is 4.49. The van der Waals surface area contributed by atoms with E-state index in [9.17, 15) is 0 Å². The average molecular weight is 318 g/mol. The Bertz CT molecular complexity index is 573. The number of aryl methyl sites for hydroxylation is 1. The van der Waals surface area contributed by atoms with Crippen LogP contribution in [0.25, 0.3) is 0 Å². The third-order valence-corrected chi connectivity index (χ3v) is 4.16. The highest BCUT2D eigenvalue weighted by molar-refractivity contribution is 5.85. The monoisotopic (exact) mass is 317 g/mol. The van der Waals surface area contributed by atoms with E-state index in [0.717, 1.165) is 25.3 Å². The van der Waals surface area contributed by atoms with Gasteiger partial charge in [-0.3, -0.25) is 4.90 Å². The second-order valence-corrected chi connectivity index (χ2v) is 5.86. The zero-order chi connectivity index (χ0) is 14.5. The first-order valence-electron chi connectivity index (χ1n) is 7.80. The van der Waals surface area contributed by atoms with Crippen molar-refractivity contribution in [2.24, 2.45) is 0 Å². The molecular formula is C19H24ClNO. The molecule has 1 unspecified atom stereocenters. The maximum absolute atomic E-state index is 6.11. The van der Waals surface area contributed by atoms with Crippen LogP contribution in [-0.4, -0.2) is 24.1 Å². The predicted octanol–water partition coefficient (Wildman–Crippen LogP) is 4.46. The smallest absolute Gasteiger partial charge is 0.119 e. The van der Waals surface area contributed by atoms with E-state index in [-0.39, 0.29) is 12.4 Å². The Hall–Kier alpha value is -1.51. The first-order valence-corrected chi connectivity index (χ1v) is 7.80. The van der Waals surface area contributed by atoms with Crippen molar-refractivity contribution in [2.45, 2.75) is 32.4 Å². The van der Waals surface area contributed by atoms with Gasteiger partial charge < -0.3 is 4.74 Å². The summed E-state index contributed by atoms with van der Waals surface area (Å²) in [6.07, 6.45) is 2.67. The summed E-state index contributed by atoms with van der Waals surface area (Å²) in [6, 6.07) is 18.8. The van der Waals surface area contributed by atoms with Crippen LogP contribution in [0.4, 0.5) is 0 Å². The highest BCUT2D eigenvalue weighted by Crippen LogP contribution is 2.20. The van der Waals surface area contributed by atoms with Gasteiger partial charge in [0, 0.05) is 13.1 Å². The van der Waals surface area contributed by atoms with E-state index in [1.54, 1.807) is 0 Å². The van der Waals surface area contributed by atoms with Gasteiger partial charge in [-0.25, -0.2) is 0 Å². The van der Waals surface area contributed by atoms with E-state index in [0.29, 0.717) is 6.10 Å². The lowest BCUT2D eigenvalue weighted by atomic mass is 10.0. The molecule has 3 rings (SSSR count). The normalized spacial score (nSPS) is 18.5. The van der Waals surface area contributed by atoms with Gasteiger partial charge in [-0.05, 0) is 49.6 Å². The van der Waals surface area contributed by atoms with E-state index in [2.05, 4.69) is 36.1 Å². The zero-order valence-corrected chi connectivity index (χ0v) is 13.9. The Morgan fingerprint density at radius 2 is 1.77 bits per heavy atom. The molecule has 1 heterocycles. The Morgan fingerprint density at radius 3 is 2.55 bits per heavy atom. The molecule has 0 aliphatic carbocycles. The minimum atomic E-state index is 0. The molecule has 1 saturated heterocycles. The highest BCUT2D eigenvalue weighted by atomic mass is 35.5. The van der Waals surface area contributed by atoms with Gasteiger partial charge in [0.2, 0.25) is 0 Å². The van der Waals surface area contributed by atoms with Crippen molar-refractivity contribution in [1.29, 1.82) is 0 Å². The molecule has 118 valence electrons. The van der Waals surface area contributed by atoms with Crippen LogP contribution in [0.2, 0.25) is 0 Å². The summed E-state index contributed by atoms with van der Waals surface area (Å²) in [4.78, 5) is 2.51. The molecule has 0 N–H and O–H groups in total. The molecule has 2 nitrogen and oxygen atoms in total. The Kier molecular flexibility index (Phi) is 6.29. The molecule has 0 spiro atoms. The summed E-state index contributed by atoms with van der Waals surface area (Å²) in [5.74, 6) is 0.986. The van der Waals surface area contributed by atoms with Crippen LogP contribution in [0.15, 0.2) is 54.6 Å². The van der Waals surface area contributed by atoms with E-state index >= 15 is 0 Å². The fraction of sp³-hybridized carbons (Fsp3) is 0.368. The molecule has 1 atom stereocenters. The molecule has 0 saturated carbocycles. The minimum Gasteiger partial charge on any atom is -0.489 e. The number of hydrogen-bond donors (Lipinski definition) is 0. The number of piperidine rings is 1. The van der Waals surface area contributed by atoms with Crippen molar-refractivity contribution in [3.63, 3.8) is 0 Å². The fourth-order valence-electron chi connectivity index (χ4n) is 2.97. The van der Waals surface area contributed by atoms with Crippen LogP contribution in [0.5, 0.6) is 5.75 Å². The molecule has 0 amide bonds. The van der Waals surface area contributed by atoms with Gasteiger partial charge >= 0.3 is 0 Å². The third-order valence-electron chi connectivity index (χ3n) is 4.16. The summed E-state index contributed by atoms with van der Waals surface area (Å²) in [5.41, 5.74) is 2.81. The quantitative estimate of drug-likeness (QED) is 0.825. The lowest BCUT2D eigenvalue weighted by Crippen LogP contribution is -2.40. The van der Waals surface area contributed by atoms with Crippen molar-refractivity contribution >= 4 is 12.4 Å². The molecule has 0 bridgehead atoms. The van der Waals surface area contributed by atoms with Crippen LogP contribution < -0.4 is 4.74 Å². The van der Waals surface area contributed by atoms with Crippen molar-refractivity contribution in [3.8, 4) is 5.75 Å². The van der Waals surface area contributed by atoms with E-state index < -0.39 is 0 Å². The molecule has 2 aromatic carbocycles. The molecular weight excluding hydrogens is 294 g/mol. The summed E-state index contributed by atoms with van der Waals surface area (Å²) < 4.78 is 6.11. The van der Waals surface area contributed by atoms with Gasteiger partial charge in [-0.15, -0.1) is 12.4 Å².